The van der Waals surface area contributed by atoms with Crippen LogP contribution in [0.2, 0.25) is 0 Å². The van der Waals surface area contributed by atoms with E-state index in [-0.39, 0.29) is 47.2 Å². The van der Waals surface area contributed by atoms with Crippen LogP contribution in [0, 0.1) is 5.82 Å². The third-order valence-electron chi connectivity index (χ3n) is 4.82. The molecule has 1 aliphatic heterocycles. The zero-order valence-corrected chi connectivity index (χ0v) is 17.1. The first-order valence-electron chi connectivity index (χ1n) is 9.21. The van der Waals surface area contributed by atoms with Gasteiger partial charge in [-0.15, -0.1) is 5.10 Å². The summed E-state index contributed by atoms with van der Waals surface area (Å²) in [5.74, 6) is -1.36. The van der Waals surface area contributed by atoms with E-state index in [1.54, 1.807) is 12.1 Å². The summed E-state index contributed by atoms with van der Waals surface area (Å²) in [5, 5.41) is 10.1. The fraction of sp³-hybridized carbons (Fsp3) is 0.200. The van der Waals surface area contributed by atoms with E-state index in [4.69, 9.17) is 4.42 Å². The van der Waals surface area contributed by atoms with Crippen LogP contribution in [0.4, 0.5) is 16.1 Å². The lowest BCUT2D eigenvalue weighted by molar-refractivity contribution is -0.117. The smallest absolute Gasteiger partial charge is 0.322 e. The van der Waals surface area contributed by atoms with E-state index in [0.717, 1.165) is 18.4 Å². The van der Waals surface area contributed by atoms with Gasteiger partial charge in [0.05, 0.1) is 10.8 Å². The van der Waals surface area contributed by atoms with E-state index in [9.17, 15) is 22.4 Å². The molecule has 2 amide bonds. The lowest BCUT2D eigenvalue weighted by Gasteiger charge is -2.16. The summed E-state index contributed by atoms with van der Waals surface area (Å²) < 4.78 is 41.7. The second kappa shape index (κ2) is 7.91. The third-order valence-corrected chi connectivity index (χ3v) is 5.95. The fourth-order valence-corrected chi connectivity index (χ4v) is 3.85. The van der Waals surface area contributed by atoms with Crippen molar-refractivity contribution in [2.45, 2.75) is 17.2 Å². The average Bonchev–Trinajstić information content (AvgIpc) is 3.34. The molecule has 0 saturated carbocycles. The molecule has 31 heavy (non-hydrogen) atoms. The van der Waals surface area contributed by atoms with Gasteiger partial charge in [-0.3, -0.25) is 14.9 Å². The Balaban J connectivity index is 1.44. The lowest BCUT2D eigenvalue weighted by Crippen LogP contribution is -2.24. The summed E-state index contributed by atoms with van der Waals surface area (Å²) in [6.07, 6.45) is 1.24. The minimum atomic E-state index is -3.33. The normalized spacial score (nSPS) is 16.5. The van der Waals surface area contributed by atoms with Crippen LogP contribution in [0.1, 0.15) is 28.6 Å². The first-order chi connectivity index (χ1) is 14.7. The molecule has 1 fully saturated rings. The van der Waals surface area contributed by atoms with Crippen molar-refractivity contribution in [3.8, 4) is 0 Å². The van der Waals surface area contributed by atoms with Gasteiger partial charge in [-0.05, 0) is 48.5 Å². The van der Waals surface area contributed by atoms with E-state index in [2.05, 4.69) is 15.5 Å². The Hall–Kier alpha value is -3.60. The SMILES string of the molecule is CS(=O)(=O)c1ccc(N2C[C@H](c3nnc(NC(=O)c4ccc(F)cc4)o3)CC2=O)cc1. The molecule has 160 valence electrons. The minimum absolute atomic E-state index is 0.126. The molecule has 0 bridgehead atoms. The number of hydrogen-bond acceptors (Lipinski definition) is 7. The summed E-state index contributed by atoms with van der Waals surface area (Å²) in [6, 6.07) is 10.9. The van der Waals surface area contributed by atoms with Gasteiger partial charge in [0.15, 0.2) is 9.84 Å². The Bertz CT molecular complexity index is 1240. The Morgan fingerprint density at radius 2 is 1.81 bits per heavy atom. The van der Waals surface area contributed by atoms with Crippen molar-refractivity contribution in [2.24, 2.45) is 0 Å². The van der Waals surface area contributed by atoms with Gasteiger partial charge in [0, 0.05) is 30.5 Å². The number of hydrogen-bond donors (Lipinski definition) is 1. The Morgan fingerprint density at radius 3 is 2.45 bits per heavy atom. The second-order valence-corrected chi connectivity index (χ2v) is 9.09. The standard InChI is InChI=1S/C20H17FN4O5S/c1-31(28,29)16-8-6-15(7-9-16)25-11-13(10-17(25)26)19-23-24-20(30-19)22-18(27)12-2-4-14(21)5-3-12/h2-9,13H,10-11H2,1H3,(H,22,24,27)/t13-/m1/s1. The van der Waals surface area contributed by atoms with Crippen LogP contribution < -0.4 is 10.2 Å². The maximum atomic E-state index is 13.0. The van der Waals surface area contributed by atoms with Gasteiger partial charge in [0.1, 0.15) is 5.82 Å². The van der Waals surface area contributed by atoms with Gasteiger partial charge in [0.25, 0.3) is 5.91 Å². The van der Waals surface area contributed by atoms with Crippen LogP contribution in [0.5, 0.6) is 0 Å². The number of carbonyl (C=O) groups is 2. The summed E-state index contributed by atoms with van der Waals surface area (Å²) >= 11 is 0. The van der Waals surface area contributed by atoms with E-state index in [0.29, 0.717) is 5.69 Å². The largest absolute Gasteiger partial charge is 0.407 e. The maximum Gasteiger partial charge on any atom is 0.322 e. The van der Waals surface area contributed by atoms with Crippen LogP contribution in [-0.2, 0) is 14.6 Å². The lowest BCUT2D eigenvalue weighted by atomic mass is 10.1. The Kier molecular flexibility index (Phi) is 5.27. The number of halogens is 1. The molecule has 0 radical (unpaired) electrons. The number of rotatable bonds is 5. The zero-order valence-electron chi connectivity index (χ0n) is 16.3. The zero-order chi connectivity index (χ0) is 22.2. The van der Waals surface area contributed by atoms with Gasteiger partial charge in [-0.25, -0.2) is 12.8 Å². The summed E-state index contributed by atoms with van der Waals surface area (Å²) in [7, 11) is -3.33. The van der Waals surface area contributed by atoms with Crippen LogP contribution in [0.15, 0.2) is 57.8 Å². The topological polar surface area (TPSA) is 122 Å². The van der Waals surface area contributed by atoms with Crippen LogP contribution in [0.3, 0.4) is 0 Å². The van der Waals surface area contributed by atoms with Crippen molar-refractivity contribution in [3.63, 3.8) is 0 Å². The molecule has 0 unspecified atom stereocenters. The number of aromatic nitrogens is 2. The number of anilines is 2. The predicted molar refractivity (Wildman–Crippen MR) is 108 cm³/mol. The molecule has 2 aromatic carbocycles. The van der Waals surface area contributed by atoms with E-state index in [1.165, 1.54) is 29.2 Å². The minimum Gasteiger partial charge on any atom is -0.407 e. The van der Waals surface area contributed by atoms with Gasteiger partial charge < -0.3 is 9.32 Å². The molecular weight excluding hydrogens is 427 g/mol. The molecule has 3 aromatic rings. The first kappa shape index (κ1) is 20.7. The third kappa shape index (κ3) is 4.45. The number of nitrogens with one attached hydrogen (secondary N) is 1. The summed E-state index contributed by atoms with van der Waals surface area (Å²) in [6.45, 7) is 0.268. The van der Waals surface area contributed by atoms with Crippen molar-refractivity contribution < 1.29 is 26.8 Å². The highest BCUT2D eigenvalue weighted by molar-refractivity contribution is 7.90. The van der Waals surface area contributed by atoms with Gasteiger partial charge >= 0.3 is 6.01 Å². The van der Waals surface area contributed by atoms with Crippen LogP contribution in [0.25, 0.3) is 0 Å². The molecule has 1 aromatic heterocycles. The van der Waals surface area contributed by atoms with Gasteiger partial charge in [-0.1, -0.05) is 5.10 Å². The average molecular weight is 444 g/mol. The van der Waals surface area contributed by atoms with Gasteiger partial charge in [0.2, 0.25) is 11.8 Å². The first-order valence-corrected chi connectivity index (χ1v) is 11.1. The number of benzene rings is 2. The summed E-state index contributed by atoms with van der Waals surface area (Å²) in [5.41, 5.74) is 0.783. The highest BCUT2D eigenvalue weighted by Crippen LogP contribution is 2.32. The van der Waals surface area contributed by atoms with Crippen molar-refractivity contribution in [1.82, 2.24) is 10.2 Å². The molecule has 11 heteroatoms. The second-order valence-electron chi connectivity index (χ2n) is 7.08. The van der Waals surface area contributed by atoms with Crippen molar-refractivity contribution >= 4 is 33.4 Å². The predicted octanol–water partition coefficient (Wildman–Crippen LogP) is 2.39. The fourth-order valence-electron chi connectivity index (χ4n) is 3.22. The highest BCUT2D eigenvalue weighted by atomic mass is 32.2. The number of sulfone groups is 1. The van der Waals surface area contributed by atoms with Crippen LogP contribution >= 0.6 is 0 Å². The molecule has 1 aliphatic rings. The molecule has 4 rings (SSSR count). The van der Waals surface area contributed by atoms with Gasteiger partial charge in [-0.2, -0.15) is 0 Å². The molecule has 1 atom stereocenters. The highest BCUT2D eigenvalue weighted by Gasteiger charge is 2.35. The molecular formula is C20H17FN4O5S. The number of nitrogens with zero attached hydrogens (tertiary/aromatic N) is 3. The van der Waals surface area contributed by atoms with Crippen molar-refractivity contribution in [2.75, 3.05) is 23.0 Å². The molecule has 9 nitrogen and oxygen atoms in total. The molecule has 1 saturated heterocycles. The molecule has 2 heterocycles. The molecule has 0 aliphatic carbocycles. The Morgan fingerprint density at radius 1 is 1.13 bits per heavy atom. The van der Waals surface area contributed by atoms with E-state index >= 15 is 0 Å². The van der Waals surface area contributed by atoms with Crippen molar-refractivity contribution in [1.29, 1.82) is 0 Å². The van der Waals surface area contributed by atoms with Crippen molar-refractivity contribution in [3.05, 3.63) is 65.8 Å². The van der Waals surface area contributed by atoms with E-state index < -0.39 is 21.6 Å². The van der Waals surface area contributed by atoms with E-state index in [1.807, 2.05) is 0 Å². The Labute approximate surface area is 176 Å². The molecule has 1 N–H and O–H groups in total. The summed E-state index contributed by atoms with van der Waals surface area (Å²) in [4.78, 5) is 26.3. The number of carbonyl (C=O) groups excluding carboxylic acids is 2. The monoisotopic (exact) mass is 444 g/mol. The molecule has 0 spiro atoms. The quantitative estimate of drug-likeness (QED) is 0.641. The maximum absolute atomic E-state index is 13.0. The van der Waals surface area contributed by atoms with Crippen LogP contribution in [-0.4, -0.2) is 43.2 Å². The number of amides is 2.